The second-order valence-electron chi connectivity index (χ2n) is 15.6. The number of rotatable bonds is 6. The molecule has 4 aromatic carbocycles. The van der Waals surface area contributed by atoms with Crippen molar-refractivity contribution in [1.29, 1.82) is 0 Å². The number of ether oxygens (including phenoxy) is 4. The normalized spacial score (nSPS) is 15.0. The molecule has 0 unspecified atom stereocenters. The summed E-state index contributed by atoms with van der Waals surface area (Å²) in [5.41, 5.74) is 7.06. The van der Waals surface area contributed by atoms with Crippen molar-refractivity contribution in [2.75, 3.05) is 75.7 Å². The van der Waals surface area contributed by atoms with E-state index >= 15 is 0 Å². The summed E-state index contributed by atoms with van der Waals surface area (Å²) >= 11 is 11.3. The number of furan rings is 2. The smallest absolute Gasteiger partial charge is 0.231 e. The molecule has 16 nitrogen and oxygen atoms in total. The quantitative estimate of drug-likeness (QED) is 0.159. The first-order chi connectivity index (χ1) is 31.5. The van der Waals surface area contributed by atoms with Crippen LogP contribution < -0.4 is 39.4 Å². The van der Waals surface area contributed by atoms with Gasteiger partial charge in [0.25, 0.3) is 0 Å². The molecular weight excluding hydrogens is 924 g/mol. The van der Waals surface area contributed by atoms with Gasteiger partial charge in [-0.05, 0) is 84.1 Å². The van der Waals surface area contributed by atoms with Gasteiger partial charge < -0.3 is 58.0 Å². The van der Waals surface area contributed by atoms with Gasteiger partial charge in [0.05, 0.1) is 0 Å². The third kappa shape index (κ3) is 8.88. The molecular formula is C46H44Cl2N10O6S2. The molecule has 0 spiro atoms. The molecule has 8 heterocycles. The maximum Gasteiger partial charge on any atom is 0.231 e. The van der Waals surface area contributed by atoms with E-state index in [0.29, 0.717) is 13.1 Å². The number of hydrogen-bond acceptors (Lipinski definition) is 14. The number of hydrogen-bond donors (Lipinski definition) is 2. The molecule has 2 saturated heterocycles. The summed E-state index contributed by atoms with van der Waals surface area (Å²) < 4.78 is 33.8. The first kappa shape index (κ1) is 44.6. The molecule has 0 radical (unpaired) electrons. The minimum atomic E-state index is 0. The Balaban J connectivity index is 0.000000161. The van der Waals surface area contributed by atoms with Gasteiger partial charge in [-0.3, -0.25) is 0 Å². The lowest BCUT2D eigenvalue weighted by molar-refractivity contribution is 0.173. The molecule has 0 saturated carbocycles. The molecule has 0 aliphatic carbocycles. The number of para-hydroxylation sites is 2. The standard InChI is InChI=1S/2C23H21N5O3S.2ClH/c2*32-23(24-12-15-5-6-18-19(11-15)30-14-29-18)28-9-7-27(8-10-28)22-21-20(25-13-26-22)16-3-1-2-4-17(16)31-21;;/h2*1-6,11,13H,7-10,12,14H2,(H,24,32);2*1H. The highest BCUT2D eigenvalue weighted by Crippen LogP contribution is 2.36. The Morgan fingerprint density at radius 3 is 1.35 bits per heavy atom. The second-order valence-corrected chi connectivity index (χ2v) is 16.4. The lowest BCUT2D eigenvalue weighted by atomic mass is 10.2. The Morgan fingerprint density at radius 2 is 0.909 bits per heavy atom. The van der Waals surface area contributed by atoms with Crippen molar-refractivity contribution in [3.05, 3.63) is 109 Å². The van der Waals surface area contributed by atoms with Crippen LogP contribution in [-0.2, 0) is 13.1 Å². The number of halogens is 2. The lowest BCUT2D eigenvalue weighted by Crippen LogP contribution is -2.51. The summed E-state index contributed by atoms with van der Waals surface area (Å²) in [4.78, 5) is 26.8. The summed E-state index contributed by atoms with van der Waals surface area (Å²) in [5.74, 6) is 4.82. The van der Waals surface area contributed by atoms with E-state index in [0.717, 1.165) is 152 Å². The summed E-state index contributed by atoms with van der Waals surface area (Å²) in [6.07, 6.45) is 3.23. The summed E-state index contributed by atoms with van der Waals surface area (Å²) in [6, 6.07) is 27.8. The fraction of sp³-hybridized carbons (Fsp3) is 0.261. The average Bonchev–Trinajstić information content (AvgIpc) is 4.17. The van der Waals surface area contributed by atoms with Gasteiger partial charge in [-0.15, -0.1) is 24.8 Å². The molecule has 20 heteroatoms. The van der Waals surface area contributed by atoms with Crippen molar-refractivity contribution >= 4 is 115 Å². The molecule has 340 valence electrons. The number of fused-ring (bicyclic) bond motifs is 8. The minimum Gasteiger partial charge on any atom is -0.454 e. The Bertz CT molecular complexity index is 2850. The molecule has 2 N–H and O–H groups in total. The molecule has 12 rings (SSSR count). The summed E-state index contributed by atoms with van der Waals surface area (Å²) in [5, 5.41) is 10.2. The number of aromatic nitrogens is 4. The van der Waals surface area contributed by atoms with Crippen LogP contribution in [-0.4, -0.2) is 106 Å². The summed E-state index contributed by atoms with van der Waals surface area (Å²) in [6.45, 7) is 8.26. The third-order valence-electron chi connectivity index (χ3n) is 11.8. The topological polar surface area (TPSA) is 152 Å². The predicted octanol–water partition coefficient (Wildman–Crippen LogP) is 7.45. The fourth-order valence-corrected chi connectivity index (χ4v) is 8.91. The van der Waals surface area contributed by atoms with E-state index in [1.54, 1.807) is 12.7 Å². The van der Waals surface area contributed by atoms with Crippen LogP contribution in [0, 0.1) is 0 Å². The highest BCUT2D eigenvalue weighted by molar-refractivity contribution is 7.80. The van der Waals surface area contributed by atoms with Crippen molar-refractivity contribution in [1.82, 2.24) is 40.4 Å². The number of nitrogens with one attached hydrogen (secondary N) is 2. The lowest BCUT2D eigenvalue weighted by Gasteiger charge is -2.36. The number of benzene rings is 4. The molecule has 0 bridgehead atoms. The Kier molecular flexibility index (Phi) is 13.2. The second kappa shape index (κ2) is 19.5. The fourth-order valence-electron chi connectivity index (χ4n) is 8.40. The van der Waals surface area contributed by atoms with E-state index in [4.69, 9.17) is 52.2 Å². The first-order valence-corrected chi connectivity index (χ1v) is 21.9. The van der Waals surface area contributed by atoms with Crippen molar-refractivity contribution in [2.45, 2.75) is 13.1 Å². The van der Waals surface area contributed by atoms with Gasteiger partial charge in [0.2, 0.25) is 13.6 Å². The van der Waals surface area contributed by atoms with E-state index in [2.05, 4.69) is 50.2 Å². The largest absolute Gasteiger partial charge is 0.454 e. The van der Waals surface area contributed by atoms with Gasteiger partial charge in [0.15, 0.2) is 56.0 Å². The van der Waals surface area contributed by atoms with Crippen LogP contribution >= 0.6 is 49.2 Å². The van der Waals surface area contributed by atoms with Crippen molar-refractivity contribution < 1.29 is 27.8 Å². The van der Waals surface area contributed by atoms with Crippen LogP contribution in [0.3, 0.4) is 0 Å². The molecule has 0 amide bonds. The highest BCUT2D eigenvalue weighted by Gasteiger charge is 2.26. The minimum absolute atomic E-state index is 0. The van der Waals surface area contributed by atoms with Crippen molar-refractivity contribution in [3.63, 3.8) is 0 Å². The third-order valence-corrected chi connectivity index (χ3v) is 12.6. The summed E-state index contributed by atoms with van der Waals surface area (Å²) in [7, 11) is 0. The number of piperazine rings is 2. The first-order valence-electron chi connectivity index (χ1n) is 21.1. The average molecular weight is 968 g/mol. The maximum absolute atomic E-state index is 6.09. The zero-order valence-corrected chi connectivity index (χ0v) is 38.6. The predicted molar refractivity (Wildman–Crippen MR) is 265 cm³/mol. The van der Waals surface area contributed by atoms with Crippen molar-refractivity contribution in [2.24, 2.45) is 0 Å². The van der Waals surface area contributed by atoms with E-state index in [-0.39, 0.29) is 38.4 Å². The van der Waals surface area contributed by atoms with Crippen LogP contribution in [0.4, 0.5) is 11.6 Å². The van der Waals surface area contributed by atoms with Gasteiger partial charge >= 0.3 is 0 Å². The van der Waals surface area contributed by atoms with E-state index in [1.165, 1.54) is 0 Å². The number of nitrogens with zero attached hydrogens (tertiary/aromatic N) is 8. The van der Waals surface area contributed by atoms with Crippen LogP contribution in [0.15, 0.2) is 106 Å². The van der Waals surface area contributed by atoms with Gasteiger partial charge in [0.1, 0.15) is 34.9 Å². The van der Waals surface area contributed by atoms with E-state index in [1.807, 2.05) is 84.9 Å². The number of anilines is 2. The van der Waals surface area contributed by atoms with Crippen molar-refractivity contribution in [3.8, 4) is 23.0 Å². The maximum atomic E-state index is 6.09. The molecule has 8 aromatic rings. The molecule has 4 aliphatic rings. The molecule has 0 atom stereocenters. The van der Waals surface area contributed by atoms with Crippen LogP contribution in [0.1, 0.15) is 11.1 Å². The van der Waals surface area contributed by atoms with Gasteiger partial charge in [0, 0.05) is 76.2 Å². The Morgan fingerprint density at radius 1 is 0.500 bits per heavy atom. The van der Waals surface area contributed by atoms with E-state index in [9.17, 15) is 0 Å². The van der Waals surface area contributed by atoms with Gasteiger partial charge in [-0.2, -0.15) is 0 Å². The molecule has 2 fully saturated rings. The SMILES string of the molecule is Cl.Cl.S=C(NCc1ccc2c(c1)OCO2)N1CCN(c2ncnc3c2oc2ccccc23)CC1.S=C(NCc1ccc2c(c1)OCO2)N1CCN(c2ncnc3c2oc2ccccc23)CC1. The zero-order valence-electron chi connectivity index (χ0n) is 35.4. The number of thiocarbonyl (C=S) groups is 2. The van der Waals surface area contributed by atoms with Crippen LogP contribution in [0.2, 0.25) is 0 Å². The van der Waals surface area contributed by atoms with Gasteiger partial charge in [-0.25, -0.2) is 19.9 Å². The highest BCUT2D eigenvalue weighted by atomic mass is 35.5. The zero-order chi connectivity index (χ0) is 43.0. The van der Waals surface area contributed by atoms with Crippen LogP contribution in [0.5, 0.6) is 23.0 Å². The van der Waals surface area contributed by atoms with E-state index < -0.39 is 0 Å². The monoisotopic (exact) mass is 966 g/mol. The molecule has 66 heavy (non-hydrogen) atoms. The Hall–Kier alpha value is -6.60. The molecule has 4 aromatic heterocycles. The Labute approximate surface area is 402 Å². The molecule has 4 aliphatic heterocycles. The van der Waals surface area contributed by atoms with Crippen LogP contribution in [0.25, 0.3) is 44.1 Å². The van der Waals surface area contributed by atoms with Gasteiger partial charge in [-0.1, -0.05) is 36.4 Å².